The fourth-order valence-corrected chi connectivity index (χ4v) is 4.46. The molecule has 1 aliphatic rings. The minimum absolute atomic E-state index is 0.158. The van der Waals surface area contributed by atoms with Crippen LogP contribution >= 0.6 is 0 Å². The molecular formula is C23H39NO2. The van der Waals surface area contributed by atoms with Gasteiger partial charge < -0.3 is 9.84 Å². The Morgan fingerprint density at radius 1 is 1.12 bits per heavy atom. The first-order chi connectivity index (χ1) is 12.5. The van der Waals surface area contributed by atoms with E-state index in [1.165, 1.54) is 44.9 Å². The molecule has 0 saturated heterocycles. The fourth-order valence-electron chi connectivity index (χ4n) is 4.46. The normalized spacial score (nSPS) is 20.7. The van der Waals surface area contributed by atoms with Gasteiger partial charge in [-0.1, -0.05) is 52.4 Å². The Morgan fingerprint density at radius 2 is 1.81 bits per heavy atom. The summed E-state index contributed by atoms with van der Waals surface area (Å²) in [5, 5.41) is 9.69. The summed E-state index contributed by atoms with van der Waals surface area (Å²) in [5.41, 5.74) is 0.973. The Labute approximate surface area is 160 Å². The van der Waals surface area contributed by atoms with Crippen LogP contribution in [-0.4, -0.2) is 35.2 Å². The average Bonchev–Trinajstić information content (AvgIpc) is 2.62. The van der Waals surface area contributed by atoms with Gasteiger partial charge in [-0.15, -0.1) is 0 Å². The van der Waals surface area contributed by atoms with Crippen molar-refractivity contribution in [1.82, 2.24) is 4.90 Å². The van der Waals surface area contributed by atoms with Crippen molar-refractivity contribution >= 4 is 0 Å². The molecule has 0 saturated carbocycles. The molecule has 0 bridgehead atoms. The smallest absolute Gasteiger partial charge is 0.123 e. The SMILES string of the molecule is CCCCCCCCCN(C)C(CC)C1(C)CCc2cc(O)ccc2O1. The van der Waals surface area contributed by atoms with Crippen molar-refractivity contribution < 1.29 is 9.84 Å². The molecule has 3 heteroatoms. The van der Waals surface area contributed by atoms with Crippen molar-refractivity contribution in [3.8, 4) is 11.5 Å². The molecule has 1 heterocycles. The third-order valence-electron chi connectivity index (χ3n) is 6.02. The largest absolute Gasteiger partial charge is 0.508 e. The van der Waals surface area contributed by atoms with Crippen molar-refractivity contribution in [2.24, 2.45) is 0 Å². The molecule has 1 aromatic rings. The van der Waals surface area contributed by atoms with Crippen LogP contribution in [0.5, 0.6) is 11.5 Å². The number of hydrogen-bond acceptors (Lipinski definition) is 3. The number of nitrogens with zero attached hydrogens (tertiary/aromatic N) is 1. The number of phenolic OH excluding ortho intramolecular Hbond substituents is 1. The summed E-state index contributed by atoms with van der Waals surface area (Å²) in [6.07, 6.45) is 12.5. The second-order valence-electron chi connectivity index (χ2n) is 8.23. The molecule has 3 nitrogen and oxygen atoms in total. The third kappa shape index (κ3) is 5.64. The van der Waals surface area contributed by atoms with Gasteiger partial charge in [-0.05, 0) is 70.0 Å². The van der Waals surface area contributed by atoms with E-state index in [1.807, 2.05) is 12.1 Å². The molecule has 0 radical (unpaired) electrons. The van der Waals surface area contributed by atoms with Crippen molar-refractivity contribution in [3.05, 3.63) is 23.8 Å². The number of hydrogen-bond donors (Lipinski definition) is 1. The predicted octanol–water partition coefficient (Wildman–Crippen LogP) is 5.94. The first-order valence-electron chi connectivity index (χ1n) is 10.7. The highest BCUT2D eigenvalue weighted by Crippen LogP contribution is 2.38. The summed E-state index contributed by atoms with van der Waals surface area (Å²) in [6, 6.07) is 5.92. The molecule has 0 aliphatic carbocycles. The Hall–Kier alpha value is -1.22. The summed E-state index contributed by atoms with van der Waals surface area (Å²) in [4.78, 5) is 2.51. The number of ether oxygens (including phenoxy) is 1. The van der Waals surface area contributed by atoms with Gasteiger partial charge in [0.2, 0.25) is 0 Å². The van der Waals surface area contributed by atoms with Crippen LogP contribution in [-0.2, 0) is 6.42 Å². The molecule has 0 spiro atoms. The van der Waals surface area contributed by atoms with Crippen LogP contribution in [0.2, 0.25) is 0 Å². The number of phenols is 1. The van der Waals surface area contributed by atoms with E-state index in [2.05, 4.69) is 32.7 Å². The average molecular weight is 362 g/mol. The highest BCUT2D eigenvalue weighted by molar-refractivity contribution is 5.41. The number of likely N-dealkylation sites (N-methyl/N-ethyl adjacent to an activating group) is 1. The van der Waals surface area contributed by atoms with Crippen molar-refractivity contribution in [2.75, 3.05) is 13.6 Å². The van der Waals surface area contributed by atoms with Gasteiger partial charge in [0, 0.05) is 6.04 Å². The highest BCUT2D eigenvalue weighted by Gasteiger charge is 2.40. The second kappa shape index (κ2) is 10.2. The molecule has 2 unspecified atom stereocenters. The molecule has 1 aromatic carbocycles. The summed E-state index contributed by atoms with van der Waals surface area (Å²) < 4.78 is 6.47. The quantitative estimate of drug-likeness (QED) is 0.495. The van der Waals surface area contributed by atoms with E-state index in [0.29, 0.717) is 11.8 Å². The lowest BCUT2D eigenvalue weighted by atomic mass is 9.84. The first kappa shape index (κ1) is 21.1. The Kier molecular flexibility index (Phi) is 8.27. The Bertz CT molecular complexity index is 545. The van der Waals surface area contributed by atoms with E-state index in [1.54, 1.807) is 6.07 Å². The second-order valence-corrected chi connectivity index (χ2v) is 8.23. The van der Waals surface area contributed by atoms with Crippen LogP contribution in [0.1, 0.15) is 84.1 Å². The first-order valence-corrected chi connectivity index (χ1v) is 10.7. The lowest BCUT2D eigenvalue weighted by molar-refractivity contribution is -0.0212. The van der Waals surface area contributed by atoms with Crippen LogP contribution in [0.4, 0.5) is 0 Å². The van der Waals surface area contributed by atoms with Crippen LogP contribution in [0.15, 0.2) is 18.2 Å². The van der Waals surface area contributed by atoms with Crippen LogP contribution < -0.4 is 4.74 Å². The summed E-state index contributed by atoms with van der Waals surface area (Å²) in [6.45, 7) is 7.95. The highest BCUT2D eigenvalue weighted by atomic mass is 16.5. The van der Waals surface area contributed by atoms with E-state index >= 15 is 0 Å². The van der Waals surface area contributed by atoms with E-state index < -0.39 is 0 Å². The molecule has 2 rings (SSSR count). The minimum atomic E-state index is -0.158. The van der Waals surface area contributed by atoms with Gasteiger partial charge in [0.15, 0.2) is 0 Å². The number of aromatic hydroxyl groups is 1. The Morgan fingerprint density at radius 3 is 2.50 bits per heavy atom. The molecule has 1 N–H and O–H groups in total. The molecular weight excluding hydrogens is 322 g/mol. The minimum Gasteiger partial charge on any atom is -0.508 e. The lowest BCUT2D eigenvalue weighted by Crippen LogP contribution is -2.54. The van der Waals surface area contributed by atoms with Gasteiger partial charge in [-0.2, -0.15) is 0 Å². The topological polar surface area (TPSA) is 32.7 Å². The molecule has 0 aromatic heterocycles. The van der Waals surface area contributed by atoms with Gasteiger partial charge in [-0.3, -0.25) is 4.90 Å². The summed E-state index contributed by atoms with van der Waals surface area (Å²) >= 11 is 0. The van der Waals surface area contributed by atoms with Gasteiger partial charge in [0.05, 0.1) is 0 Å². The van der Waals surface area contributed by atoms with Crippen LogP contribution in [0.25, 0.3) is 0 Å². The predicted molar refractivity (Wildman–Crippen MR) is 110 cm³/mol. The standard InChI is InChI=1S/C23H39NO2/c1-5-7-8-9-10-11-12-17-24(4)22(6-2)23(3)16-15-19-18-20(25)13-14-21(19)26-23/h13-14,18,22,25H,5-12,15-17H2,1-4H3. The number of rotatable bonds is 11. The van der Waals surface area contributed by atoms with Crippen LogP contribution in [0, 0.1) is 0 Å². The zero-order chi connectivity index (χ0) is 19.0. The van der Waals surface area contributed by atoms with Crippen molar-refractivity contribution in [2.45, 2.75) is 96.6 Å². The molecule has 2 atom stereocenters. The van der Waals surface area contributed by atoms with Gasteiger partial charge in [0.1, 0.15) is 17.1 Å². The number of fused-ring (bicyclic) bond motifs is 1. The van der Waals surface area contributed by atoms with Gasteiger partial charge >= 0.3 is 0 Å². The number of aryl methyl sites for hydroxylation is 1. The zero-order valence-electron chi connectivity index (χ0n) is 17.4. The van der Waals surface area contributed by atoms with E-state index in [9.17, 15) is 5.11 Å². The fraction of sp³-hybridized carbons (Fsp3) is 0.739. The molecule has 148 valence electrons. The third-order valence-corrected chi connectivity index (χ3v) is 6.02. The van der Waals surface area contributed by atoms with Gasteiger partial charge in [-0.25, -0.2) is 0 Å². The summed E-state index contributed by atoms with van der Waals surface area (Å²) in [5.74, 6) is 1.28. The maximum Gasteiger partial charge on any atom is 0.123 e. The van der Waals surface area contributed by atoms with E-state index in [0.717, 1.165) is 37.1 Å². The molecule has 26 heavy (non-hydrogen) atoms. The maximum absolute atomic E-state index is 9.69. The number of unbranched alkanes of at least 4 members (excludes halogenated alkanes) is 6. The van der Waals surface area contributed by atoms with Gasteiger partial charge in [0.25, 0.3) is 0 Å². The molecule has 0 fully saturated rings. The maximum atomic E-state index is 9.69. The molecule has 1 aliphatic heterocycles. The van der Waals surface area contributed by atoms with Crippen molar-refractivity contribution in [3.63, 3.8) is 0 Å². The lowest BCUT2D eigenvalue weighted by Gasteiger charge is -2.45. The van der Waals surface area contributed by atoms with E-state index in [-0.39, 0.29) is 5.60 Å². The zero-order valence-corrected chi connectivity index (χ0v) is 17.4. The monoisotopic (exact) mass is 361 g/mol. The summed E-state index contributed by atoms with van der Waals surface area (Å²) in [7, 11) is 2.26. The van der Waals surface area contributed by atoms with Crippen LogP contribution in [0.3, 0.4) is 0 Å². The molecule has 0 amide bonds. The van der Waals surface area contributed by atoms with E-state index in [4.69, 9.17) is 4.74 Å². The Balaban J connectivity index is 1.85. The number of benzene rings is 1. The van der Waals surface area contributed by atoms with Crippen molar-refractivity contribution in [1.29, 1.82) is 0 Å².